The zero-order valence-electron chi connectivity index (χ0n) is 28.8. The molecule has 1 N–H and O–H groups in total. The Morgan fingerprint density at radius 1 is 1.02 bits per heavy atom. The quantitative estimate of drug-likeness (QED) is 0.168. The summed E-state index contributed by atoms with van der Waals surface area (Å²) in [6.45, 7) is 4.45. The largest absolute Gasteiger partial charge is 0.493 e. The van der Waals surface area contributed by atoms with Gasteiger partial charge in [-0.2, -0.15) is 0 Å². The molecule has 1 atom stereocenters. The van der Waals surface area contributed by atoms with Gasteiger partial charge in [-0.05, 0) is 98.2 Å². The number of nitrogens with zero attached hydrogens (tertiary/aromatic N) is 5. The van der Waals surface area contributed by atoms with E-state index in [1.54, 1.807) is 30.4 Å². The van der Waals surface area contributed by atoms with Gasteiger partial charge < -0.3 is 19.4 Å². The molecule has 0 radical (unpaired) electrons. The summed E-state index contributed by atoms with van der Waals surface area (Å²) >= 11 is 1.57. The Morgan fingerprint density at radius 3 is 2.62 bits per heavy atom. The molecule has 1 amide bonds. The molecule has 2 saturated heterocycles. The van der Waals surface area contributed by atoms with Crippen LogP contribution in [0, 0.1) is 31.4 Å². The summed E-state index contributed by atoms with van der Waals surface area (Å²) in [7, 11) is 1.50. The zero-order chi connectivity index (χ0) is 35.5. The van der Waals surface area contributed by atoms with Gasteiger partial charge in [0.2, 0.25) is 11.8 Å². The second-order valence-corrected chi connectivity index (χ2v) is 15.6. The molecule has 3 fully saturated rings. The molecule has 6 aromatic rings. The summed E-state index contributed by atoms with van der Waals surface area (Å²) in [4.78, 5) is 27.7. The van der Waals surface area contributed by atoms with Crippen LogP contribution in [0.15, 0.2) is 52.9 Å². The van der Waals surface area contributed by atoms with Crippen LogP contribution in [0.4, 0.5) is 14.6 Å². The molecule has 11 rings (SSSR count). The van der Waals surface area contributed by atoms with Crippen LogP contribution in [0.1, 0.15) is 75.3 Å². The van der Waals surface area contributed by atoms with Crippen molar-refractivity contribution in [3.05, 3.63) is 105 Å². The Balaban J connectivity index is 1.15. The molecule has 12 heteroatoms. The number of aromatic nitrogens is 4. The van der Waals surface area contributed by atoms with Crippen molar-refractivity contribution in [2.45, 2.75) is 64.0 Å². The lowest BCUT2D eigenvalue weighted by atomic mass is 9.71. The van der Waals surface area contributed by atoms with E-state index in [0.29, 0.717) is 53.8 Å². The lowest BCUT2D eigenvalue weighted by molar-refractivity contribution is 0.0637. The first kappa shape index (κ1) is 31.5. The molecule has 4 aromatic heterocycles. The highest BCUT2D eigenvalue weighted by atomic mass is 32.1. The summed E-state index contributed by atoms with van der Waals surface area (Å²) in [6, 6.07) is 13.9. The molecule has 5 aliphatic rings. The highest BCUT2D eigenvalue weighted by Gasteiger charge is 2.65. The Hall–Kier alpha value is -5.23. The molecule has 2 bridgehead atoms. The van der Waals surface area contributed by atoms with Crippen LogP contribution < -0.4 is 10.1 Å². The number of fused-ring (bicyclic) bond motifs is 3. The first-order chi connectivity index (χ1) is 25.2. The molecular weight excluding hydrogens is 683 g/mol. The van der Waals surface area contributed by atoms with Crippen LogP contribution in [-0.2, 0) is 24.8 Å². The Kier molecular flexibility index (Phi) is 6.90. The van der Waals surface area contributed by atoms with Gasteiger partial charge in [0.1, 0.15) is 11.6 Å². The van der Waals surface area contributed by atoms with Crippen LogP contribution in [0.5, 0.6) is 5.75 Å². The van der Waals surface area contributed by atoms with Crippen molar-refractivity contribution in [1.29, 1.82) is 0 Å². The average Bonchev–Trinajstić information content (AvgIpc) is 3.96. The Morgan fingerprint density at radius 2 is 1.85 bits per heavy atom. The summed E-state index contributed by atoms with van der Waals surface area (Å²) in [6.07, 6.45) is 4.43. The monoisotopic (exact) mass is 716 g/mol. The third-order valence-corrected chi connectivity index (χ3v) is 12.6. The molecule has 0 unspecified atom stereocenters. The number of carbonyl (C=O) groups excluding carboxylic acids is 1. The van der Waals surface area contributed by atoms with Crippen LogP contribution in [0.2, 0.25) is 0 Å². The topological polar surface area (TPSA) is 106 Å². The fourth-order valence-corrected chi connectivity index (χ4v) is 10.3. The second kappa shape index (κ2) is 11.4. The van der Waals surface area contributed by atoms with E-state index in [-0.39, 0.29) is 23.6 Å². The summed E-state index contributed by atoms with van der Waals surface area (Å²) in [5.41, 5.74) is 6.96. The van der Waals surface area contributed by atoms with E-state index < -0.39 is 5.54 Å². The van der Waals surface area contributed by atoms with Gasteiger partial charge in [0.05, 0.1) is 45.9 Å². The smallest absolute Gasteiger partial charge is 0.257 e. The summed E-state index contributed by atoms with van der Waals surface area (Å²) < 4.78 is 40.9. The number of pyridine rings is 2. The van der Waals surface area contributed by atoms with E-state index in [1.165, 1.54) is 25.3 Å². The third-order valence-electron chi connectivity index (χ3n) is 11.4. The summed E-state index contributed by atoms with van der Waals surface area (Å²) in [5.74, 6) is 1.61. The normalized spacial score (nSPS) is 21.0. The number of benzene rings is 2. The number of hydrogen-bond acceptors (Lipinski definition) is 9. The molecule has 2 aromatic carbocycles. The van der Waals surface area contributed by atoms with Gasteiger partial charge in [-0.15, -0.1) is 21.5 Å². The van der Waals surface area contributed by atoms with Crippen LogP contribution in [0.3, 0.4) is 0 Å². The van der Waals surface area contributed by atoms with Gasteiger partial charge in [0.15, 0.2) is 11.6 Å². The fourth-order valence-electron chi connectivity index (χ4n) is 9.14. The van der Waals surface area contributed by atoms with Gasteiger partial charge >= 0.3 is 0 Å². The number of aryl methyl sites for hydroxylation is 4. The van der Waals surface area contributed by atoms with E-state index in [4.69, 9.17) is 19.1 Å². The number of carbonyl (C=O) groups is 1. The maximum Gasteiger partial charge on any atom is 0.257 e. The average molecular weight is 717 g/mol. The molecule has 2 aliphatic carbocycles. The minimum absolute atomic E-state index is 0.00563. The lowest BCUT2D eigenvalue weighted by Gasteiger charge is -2.37. The van der Waals surface area contributed by atoms with E-state index >= 15 is 0 Å². The van der Waals surface area contributed by atoms with Crippen molar-refractivity contribution in [3.63, 3.8) is 0 Å². The SMILES string of the molecule is COc1c(F)ccc2c1CC[C@H]2Nc1nc(C)cc2cc(-c3c4c(nc(CCc5ccc(F)cc5)c3-c3nnc(C)o3)C35CC(CN3C4=O)C5)sc12. The minimum atomic E-state index is -0.391. The lowest BCUT2D eigenvalue weighted by Crippen LogP contribution is -2.40. The van der Waals surface area contributed by atoms with Gasteiger partial charge in [0, 0.05) is 35.2 Å². The Labute approximate surface area is 302 Å². The number of amides is 1. The molecule has 7 heterocycles. The van der Waals surface area contributed by atoms with E-state index in [2.05, 4.69) is 27.6 Å². The van der Waals surface area contributed by atoms with Crippen LogP contribution in [0.25, 0.3) is 32.0 Å². The molecule has 52 heavy (non-hydrogen) atoms. The molecule has 3 aliphatic heterocycles. The van der Waals surface area contributed by atoms with Crippen molar-refractivity contribution < 1.29 is 22.7 Å². The van der Waals surface area contributed by atoms with Gasteiger partial charge in [-0.1, -0.05) is 18.2 Å². The predicted octanol–water partition coefficient (Wildman–Crippen LogP) is 8.27. The van der Waals surface area contributed by atoms with Crippen molar-refractivity contribution >= 4 is 33.1 Å². The standard InChI is InChI=1S/C40H34F2N6O3S/c1-19-14-23-15-30(52-35(23)37(43-19)45-28-13-10-26-25(28)9-11-27(42)34(26)50-3)32-31(38-47-46-20(2)51-38)29(12-6-21-4-7-24(41)8-5-21)44-36-33(32)39(49)48-18-22-16-40(36,48)17-22/h4-5,7-9,11,14-15,22,28H,6,10,12-13,16-18H2,1-3H3,(H,43,45)/t22?,28-,40?/m1/s1. The number of hydrogen-bond donors (Lipinski definition) is 1. The van der Waals surface area contributed by atoms with Gasteiger partial charge in [0.25, 0.3) is 5.91 Å². The second-order valence-electron chi connectivity index (χ2n) is 14.5. The molecule has 9 nitrogen and oxygen atoms in total. The maximum atomic E-state index is 14.6. The highest BCUT2D eigenvalue weighted by Crippen LogP contribution is 2.63. The van der Waals surface area contributed by atoms with Crippen molar-refractivity contribution in [1.82, 2.24) is 25.1 Å². The zero-order valence-corrected chi connectivity index (χ0v) is 29.7. The van der Waals surface area contributed by atoms with E-state index in [1.807, 2.05) is 17.9 Å². The Bertz CT molecular complexity index is 2470. The number of ether oxygens (including phenoxy) is 1. The number of thiophene rings is 1. The molecular formula is C40H34F2N6O3S. The van der Waals surface area contributed by atoms with E-state index in [9.17, 15) is 13.6 Å². The highest BCUT2D eigenvalue weighted by molar-refractivity contribution is 7.23. The number of halogens is 2. The van der Waals surface area contributed by atoms with Crippen molar-refractivity contribution in [2.24, 2.45) is 5.92 Å². The maximum absolute atomic E-state index is 14.6. The minimum Gasteiger partial charge on any atom is -0.493 e. The fraction of sp³-hybridized carbons (Fsp3) is 0.325. The third kappa shape index (κ3) is 4.59. The van der Waals surface area contributed by atoms with Crippen molar-refractivity contribution in [3.8, 4) is 27.6 Å². The predicted molar refractivity (Wildman–Crippen MR) is 193 cm³/mol. The van der Waals surface area contributed by atoms with Crippen LogP contribution >= 0.6 is 11.3 Å². The number of rotatable bonds is 8. The first-order valence-electron chi connectivity index (χ1n) is 17.7. The number of anilines is 1. The summed E-state index contributed by atoms with van der Waals surface area (Å²) in [5, 5.41) is 13.4. The molecule has 1 saturated carbocycles. The van der Waals surface area contributed by atoms with Gasteiger partial charge in [-0.25, -0.2) is 13.8 Å². The number of nitrogens with one attached hydrogen (secondary N) is 1. The van der Waals surface area contributed by atoms with Crippen molar-refractivity contribution in [2.75, 3.05) is 19.0 Å². The van der Waals surface area contributed by atoms with Gasteiger partial charge in [-0.3, -0.25) is 9.78 Å². The molecule has 1 spiro atoms. The first-order valence-corrected chi connectivity index (χ1v) is 18.5. The molecule has 262 valence electrons. The van der Waals surface area contributed by atoms with Crippen LogP contribution in [-0.4, -0.2) is 44.6 Å². The van der Waals surface area contributed by atoms with E-state index in [0.717, 1.165) is 85.9 Å². The number of methoxy groups -OCH3 is 1.